The van der Waals surface area contributed by atoms with E-state index in [2.05, 4.69) is 26.1 Å². The molecule has 2 aliphatic rings. The van der Waals surface area contributed by atoms with E-state index in [9.17, 15) is 9.59 Å². The largest absolute Gasteiger partial charge is 0.351 e. The van der Waals surface area contributed by atoms with Crippen LogP contribution in [-0.4, -0.2) is 33.2 Å². The molecule has 2 heterocycles. The van der Waals surface area contributed by atoms with Gasteiger partial charge < -0.3 is 5.32 Å². The minimum atomic E-state index is -1.07. The summed E-state index contributed by atoms with van der Waals surface area (Å²) in [5.41, 5.74) is 3.05. The number of aromatic nitrogens is 2. The van der Waals surface area contributed by atoms with E-state index in [0.717, 1.165) is 48.2 Å². The van der Waals surface area contributed by atoms with Crippen molar-refractivity contribution in [2.75, 3.05) is 4.90 Å². The number of aryl methyl sites for hydroxylation is 1. The Kier molecular flexibility index (Phi) is 5.68. The van der Waals surface area contributed by atoms with Gasteiger partial charge >= 0.3 is 0 Å². The second-order valence-corrected chi connectivity index (χ2v) is 10.8. The van der Waals surface area contributed by atoms with Gasteiger partial charge in [0, 0.05) is 17.1 Å². The first-order chi connectivity index (χ1) is 15.0. The lowest BCUT2D eigenvalue weighted by molar-refractivity contribution is -0.127. The molecule has 0 unspecified atom stereocenters. The van der Waals surface area contributed by atoms with E-state index < -0.39 is 5.54 Å². The second-order valence-electron chi connectivity index (χ2n) is 10.8. The molecule has 1 aromatic carbocycles. The minimum Gasteiger partial charge on any atom is -0.351 e. The Labute approximate surface area is 191 Å². The number of fused-ring (bicyclic) bond motifs is 1. The standard InChI is InChI=1S/C26H36N4O2/c1-17-11-10-14-20(18(17)2)30-23(31)21-15-22(25(3,4)5)28-29(21)16-26(30,6)24(32)27-19-12-8-7-9-13-19/h10-11,14-15,19H,7-9,12-13,16H2,1-6H3,(H,27,32)/t26-/m0/s1. The Balaban J connectivity index is 1.81. The number of carbonyl (C=O) groups excluding carboxylic acids is 2. The van der Waals surface area contributed by atoms with Crippen molar-refractivity contribution in [3.8, 4) is 0 Å². The average Bonchev–Trinajstić information content (AvgIpc) is 3.16. The van der Waals surface area contributed by atoms with Gasteiger partial charge in [-0.3, -0.25) is 19.2 Å². The van der Waals surface area contributed by atoms with Gasteiger partial charge in [-0.15, -0.1) is 0 Å². The molecular weight excluding hydrogens is 400 g/mol. The van der Waals surface area contributed by atoms with Gasteiger partial charge in [-0.05, 0) is 56.9 Å². The Bertz CT molecular complexity index is 1040. The third-order valence-electron chi connectivity index (χ3n) is 7.17. The van der Waals surface area contributed by atoms with Crippen LogP contribution in [0.5, 0.6) is 0 Å². The fourth-order valence-electron chi connectivity index (χ4n) is 4.89. The molecule has 6 nitrogen and oxygen atoms in total. The molecule has 1 aromatic heterocycles. The first-order valence-electron chi connectivity index (χ1n) is 11.8. The summed E-state index contributed by atoms with van der Waals surface area (Å²) in [6.07, 6.45) is 5.50. The fraction of sp³-hybridized carbons (Fsp3) is 0.577. The molecule has 1 N–H and O–H groups in total. The Hall–Kier alpha value is -2.63. The van der Waals surface area contributed by atoms with Gasteiger partial charge in [0.25, 0.3) is 5.91 Å². The van der Waals surface area contributed by atoms with E-state index in [-0.39, 0.29) is 23.3 Å². The van der Waals surface area contributed by atoms with E-state index in [0.29, 0.717) is 12.2 Å². The van der Waals surface area contributed by atoms with Gasteiger partial charge in [0.2, 0.25) is 5.91 Å². The molecule has 32 heavy (non-hydrogen) atoms. The van der Waals surface area contributed by atoms with Gasteiger partial charge in [-0.2, -0.15) is 5.10 Å². The van der Waals surface area contributed by atoms with Crippen molar-refractivity contribution in [1.29, 1.82) is 0 Å². The van der Waals surface area contributed by atoms with Crippen LogP contribution >= 0.6 is 0 Å². The maximum Gasteiger partial charge on any atom is 0.277 e. The fourth-order valence-corrected chi connectivity index (χ4v) is 4.89. The molecule has 6 heteroatoms. The number of nitrogens with zero attached hydrogens (tertiary/aromatic N) is 3. The van der Waals surface area contributed by atoms with Gasteiger partial charge in [0.15, 0.2) is 0 Å². The van der Waals surface area contributed by atoms with Gasteiger partial charge in [0.1, 0.15) is 11.2 Å². The summed E-state index contributed by atoms with van der Waals surface area (Å²) in [5, 5.41) is 8.03. The van der Waals surface area contributed by atoms with Gasteiger partial charge in [-0.1, -0.05) is 52.2 Å². The van der Waals surface area contributed by atoms with Crippen molar-refractivity contribution in [1.82, 2.24) is 15.1 Å². The third kappa shape index (κ3) is 3.84. The Morgan fingerprint density at radius 1 is 1.16 bits per heavy atom. The predicted octanol–water partition coefficient (Wildman–Crippen LogP) is 4.67. The molecular formula is C26H36N4O2. The molecule has 0 radical (unpaired) electrons. The van der Waals surface area contributed by atoms with Crippen molar-refractivity contribution in [2.45, 2.75) is 97.2 Å². The van der Waals surface area contributed by atoms with Crippen molar-refractivity contribution < 1.29 is 9.59 Å². The highest BCUT2D eigenvalue weighted by molar-refractivity contribution is 6.12. The van der Waals surface area contributed by atoms with Crippen molar-refractivity contribution >= 4 is 17.5 Å². The Morgan fingerprint density at radius 3 is 2.50 bits per heavy atom. The lowest BCUT2D eigenvalue weighted by Crippen LogP contribution is -2.65. The lowest BCUT2D eigenvalue weighted by Gasteiger charge is -2.44. The first-order valence-corrected chi connectivity index (χ1v) is 11.8. The molecule has 1 saturated carbocycles. The lowest BCUT2D eigenvalue weighted by atomic mass is 9.90. The molecule has 1 fully saturated rings. The maximum atomic E-state index is 13.9. The number of hydrogen-bond acceptors (Lipinski definition) is 3. The van der Waals surface area contributed by atoms with E-state index in [1.54, 1.807) is 9.58 Å². The van der Waals surface area contributed by atoms with Gasteiger partial charge in [0.05, 0.1) is 12.2 Å². The Morgan fingerprint density at radius 2 is 1.84 bits per heavy atom. The summed E-state index contributed by atoms with van der Waals surface area (Å²) in [6.45, 7) is 12.5. The summed E-state index contributed by atoms with van der Waals surface area (Å²) in [7, 11) is 0. The van der Waals surface area contributed by atoms with E-state index in [1.165, 1.54) is 6.42 Å². The van der Waals surface area contributed by atoms with E-state index in [1.807, 2.05) is 45.0 Å². The van der Waals surface area contributed by atoms with Crippen molar-refractivity contribution in [2.24, 2.45) is 0 Å². The van der Waals surface area contributed by atoms with E-state index >= 15 is 0 Å². The van der Waals surface area contributed by atoms with Crippen LogP contribution in [0.15, 0.2) is 24.3 Å². The van der Waals surface area contributed by atoms with Crippen molar-refractivity contribution in [3.05, 3.63) is 46.8 Å². The van der Waals surface area contributed by atoms with Crippen molar-refractivity contribution in [3.63, 3.8) is 0 Å². The molecule has 172 valence electrons. The smallest absolute Gasteiger partial charge is 0.277 e. The monoisotopic (exact) mass is 436 g/mol. The number of anilines is 1. The highest BCUT2D eigenvalue weighted by Crippen LogP contribution is 2.37. The highest BCUT2D eigenvalue weighted by Gasteiger charge is 2.50. The van der Waals surface area contributed by atoms with Crippen LogP contribution in [0.2, 0.25) is 0 Å². The van der Waals surface area contributed by atoms with Crippen LogP contribution in [0.1, 0.15) is 87.1 Å². The van der Waals surface area contributed by atoms with Crippen LogP contribution in [0.3, 0.4) is 0 Å². The van der Waals surface area contributed by atoms with E-state index in [4.69, 9.17) is 5.10 Å². The van der Waals surface area contributed by atoms with Crippen LogP contribution in [0.4, 0.5) is 5.69 Å². The zero-order valence-electron chi connectivity index (χ0n) is 20.3. The number of carbonyl (C=O) groups is 2. The van der Waals surface area contributed by atoms with Crippen LogP contribution < -0.4 is 10.2 Å². The quantitative estimate of drug-likeness (QED) is 0.761. The maximum absolute atomic E-state index is 13.9. The minimum absolute atomic E-state index is 0.0999. The molecule has 0 spiro atoms. The molecule has 2 aromatic rings. The molecule has 2 amide bonds. The average molecular weight is 437 g/mol. The first kappa shape index (κ1) is 22.6. The molecule has 1 aliphatic heterocycles. The zero-order chi connectivity index (χ0) is 23.3. The summed E-state index contributed by atoms with van der Waals surface area (Å²) >= 11 is 0. The number of benzene rings is 1. The normalized spacial score (nSPS) is 22.1. The number of hydrogen-bond donors (Lipinski definition) is 1. The van der Waals surface area contributed by atoms with Crippen LogP contribution in [-0.2, 0) is 16.8 Å². The molecule has 0 saturated heterocycles. The highest BCUT2D eigenvalue weighted by atomic mass is 16.2. The summed E-state index contributed by atoms with van der Waals surface area (Å²) in [6, 6.07) is 8.00. The van der Waals surface area contributed by atoms with Gasteiger partial charge in [-0.25, -0.2) is 0 Å². The SMILES string of the molecule is Cc1cccc(N2C(=O)c3cc(C(C)(C)C)nn3C[C@@]2(C)C(=O)NC2CCCCC2)c1C. The molecule has 0 bridgehead atoms. The second kappa shape index (κ2) is 8.05. The molecule has 4 rings (SSSR count). The third-order valence-corrected chi connectivity index (χ3v) is 7.17. The van der Waals surface area contributed by atoms with Crippen LogP contribution in [0, 0.1) is 13.8 Å². The summed E-state index contributed by atoms with van der Waals surface area (Å²) in [5.74, 6) is -0.272. The van der Waals surface area contributed by atoms with Crippen LogP contribution in [0.25, 0.3) is 0 Å². The zero-order valence-corrected chi connectivity index (χ0v) is 20.3. The number of rotatable bonds is 3. The summed E-state index contributed by atoms with van der Waals surface area (Å²) in [4.78, 5) is 29.4. The number of amides is 2. The molecule has 1 aliphatic carbocycles. The topological polar surface area (TPSA) is 67.2 Å². The molecule has 1 atom stereocenters. The number of nitrogens with one attached hydrogen (secondary N) is 1. The summed E-state index contributed by atoms with van der Waals surface area (Å²) < 4.78 is 1.74. The predicted molar refractivity (Wildman–Crippen MR) is 127 cm³/mol.